The zero-order valence-corrected chi connectivity index (χ0v) is 9.41. The smallest absolute Gasteiger partial charge is 0.408 e. The monoisotopic (exact) mass is 224 g/mol. The first-order chi connectivity index (χ1) is 7.08. The molecule has 15 heavy (non-hydrogen) atoms. The predicted molar refractivity (Wildman–Crippen MR) is 62.2 cm³/mol. The second kappa shape index (κ2) is 3.75. The molecule has 1 heterocycles. The lowest BCUT2D eigenvalue weighted by Gasteiger charge is -2.18. The van der Waals surface area contributed by atoms with Gasteiger partial charge in [0.1, 0.15) is 0 Å². The number of thiol groups is 1. The number of nitrogens with zero attached hydrogens (tertiary/aromatic N) is 1. The Morgan fingerprint density at radius 2 is 2.20 bits per heavy atom. The van der Waals surface area contributed by atoms with Crippen LogP contribution in [0.2, 0.25) is 0 Å². The first kappa shape index (κ1) is 10.3. The third-order valence-corrected chi connectivity index (χ3v) is 2.99. The summed E-state index contributed by atoms with van der Waals surface area (Å²) in [6, 6.07) is 5.57. The van der Waals surface area contributed by atoms with Crippen LogP contribution in [-0.2, 0) is 0 Å². The maximum Gasteiger partial charge on any atom is 0.417 e. The van der Waals surface area contributed by atoms with E-state index in [4.69, 9.17) is 4.42 Å². The summed E-state index contributed by atoms with van der Waals surface area (Å²) in [7, 11) is 3.88. The van der Waals surface area contributed by atoms with Gasteiger partial charge in [-0.1, -0.05) is 6.07 Å². The Bertz CT molecular complexity index is 529. The number of H-pyrrole nitrogens is 1. The minimum absolute atomic E-state index is 0.00500. The summed E-state index contributed by atoms with van der Waals surface area (Å²) in [5.74, 6) is -0.428. The van der Waals surface area contributed by atoms with Crippen molar-refractivity contribution in [3.8, 4) is 0 Å². The molecule has 5 heteroatoms. The van der Waals surface area contributed by atoms with Gasteiger partial charge in [-0.25, -0.2) is 4.79 Å². The summed E-state index contributed by atoms with van der Waals surface area (Å²) in [5, 5.41) is -0.00500. The van der Waals surface area contributed by atoms with Gasteiger partial charge < -0.3 is 4.42 Å². The van der Waals surface area contributed by atoms with Crippen molar-refractivity contribution in [1.82, 2.24) is 9.88 Å². The Kier molecular flexibility index (Phi) is 2.58. The lowest BCUT2D eigenvalue weighted by molar-refractivity contribution is 0.393. The summed E-state index contributed by atoms with van der Waals surface area (Å²) in [5.41, 5.74) is 2.28. The van der Waals surface area contributed by atoms with Crippen molar-refractivity contribution in [2.45, 2.75) is 5.37 Å². The van der Waals surface area contributed by atoms with E-state index >= 15 is 0 Å². The molecule has 0 radical (unpaired) electrons. The first-order valence-electron chi connectivity index (χ1n) is 4.55. The molecule has 0 bridgehead atoms. The average molecular weight is 224 g/mol. The summed E-state index contributed by atoms with van der Waals surface area (Å²) < 4.78 is 4.97. The SMILES string of the molecule is CN(C)C(S)c1ccc2[nH]c(=O)oc2c1. The molecule has 1 aromatic carbocycles. The number of hydrogen-bond donors (Lipinski definition) is 2. The minimum atomic E-state index is -0.428. The molecule has 0 aliphatic rings. The first-order valence-corrected chi connectivity index (χ1v) is 5.07. The van der Waals surface area contributed by atoms with Crippen LogP contribution in [0.4, 0.5) is 0 Å². The van der Waals surface area contributed by atoms with Crippen LogP contribution in [0.1, 0.15) is 10.9 Å². The predicted octanol–water partition coefficient (Wildman–Crippen LogP) is 1.61. The van der Waals surface area contributed by atoms with Gasteiger partial charge >= 0.3 is 5.76 Å². The van der Waals surface area contributed by atoms with Crippen LogP contribution in [0.15, 0.2) is 27.4 Å². The zero-order valence-electron chi connectivity index (χ0n) is 8.52. The van der Waals surface area contributed by atoms with Gasteiger partial charge in [-0.3, -0.25) is 9.88 Å². The van der Waals surface area contributed by atoms with Crippen LogP contribution in [0, 0.1) is 0 Å². The molecule has 0 aliphatic heterocycles. The van der Waals surface area contributed by atoms with Crippen molar-refractivity contribution in [3.05, 3.63) is 34.3 Å². The lowest BCUT2D eigenvalue weighted by Crippen LogP contribution is -2.14. The van der Waals surface area contributed by atoms with Crippen molar-refractivity contribution < 1.29 is 4.42 Å². The largest absolute Gasteiger partial charge is 0.417 e. The third-order valence-electron chi connectivity index (χ3n) is 2.23. The van der Waals surface area contributed by atoms with E-state index in [1.807, 2.05) is 37.2 Å². The highest BCUT2D eigenvalue weighted by Crippen LogP contribution is 2.24. The molecule has 2 aromatic rings. The minimum Gasteiger partial charge on any atom is -0.408 e. The van der Waals surface area contributed by atoms with E-state index in [1.54, 1.807) is 0 Å². The van der Waals surface area contributed by atoms with Crippen LogP contribution < -0.4 is 5.76 Å². The Morgan fingerprint density at radius 3 is 2.87 bits per heavy atom. The zero-order chi connectivity index (χ0) is 11.0. The van der Waals surface area contributed by atoms with Crippen LogP contribution in [0.25, 0.3) is 11.1 Å². The molecule has 0 saturated carbocycles. The van der Waals surface area contributed by atoms with E-state index < -0.39 is 5.76 Å². The van der Waals surface area contributed by atoms with E-state index in [2.05, 4.69) is 17.6 Å². The topological polar surface area (TPSA) is 49.2 Å². The molecule has 1 unspecified atom stereocenters. The van der Waals surface area contributed by atoms with Gasteiger partial charge in [0, 0.05) is 0 Å². The van der Waals surface area contributed by atoms with E-state index in [-0.39, 0.29) is 5.37 Å². The second-order valence-corrected chi connectivity index (χ2v) is 4.10. The fraction of sp³-hybridized carbons (Fsp3) is 0.300. The Labute approximate surface area is 92.3 Å². The fourth-order valence-corrected chi connectivity index (χ4v) is 1.58. The molecule has 0 fully saturated rings. The Balaban J connectivity index is 2.50. The molecule has 0 spiro atoms. The van der Waals surface area contributed by atoms with Crippen molar-refractivity contribution in [2.24, 2.45) is 0 Å². The molecule has 1 N–H and O–H groups in total. The fourth-order valence-electron chi connectivity index (χ4n) is 1.42. The van der Waals surface area contributed by atoms with Crippen molar-refractivity contribution >= 4 is 23.7 Å². The summed E-state index contributed by atoms with van der Waals surface area (Å²) in [6.07, 6.45) is 0. The van der Waals surface area contributed by atoms with Crippen molar-refractivity contribution in [2.75, 3.05) is 14.1 Å². The van der Waals surface area contributed by atoms with Gasteiger partial charge in [-0.2, -0.15) is 12.6 Å². The van der Waals surface area contributed by atoms with Gasteiger partial charge in [-0.05, 0) is 31.8 Å². The number of rotatable bonds is 2. The maximum absolute atomic E-state index is 11.0. The molecular weight excluding hydrogens is 212 g/mol. The third kappa shape index (κ3) is 1.93. The van der Waals surface area contributed by atoms with Crippen LogP contribution in [-0.4, -0.2) is 24.0 Å². The Hall–Kier alpha value is -1.20. The summed E-state index contributed by atoms with van der Waals surface area (Å²) in [4.78, 5) is 15.5. The summed E-state index contributed by atoms with van der Waals surface area (Å²) in [6.45, 7) is 0. The van der Waals surface area contributed by atoms with Crippen molar-refractivity contribution in [1.29, 1.82) is 0 Å². The number of hydrogen-bond acceptors (Lipinski definition) is 4. The Morgan fingerprint density at radius 1 is 1.47 bits per heavy atom. The van der Waals surface area contributed by atoms with Gasteiger partial charge in [0.05, 0.1) is 10.9 Å². The van der Waals surface area contributed by atoms with Crippen LogP contribution in [0.3, 0.4) is 0 Å². The quantitative estimate of drug-likeness (QED) is 0.602. The van der Waals surface area contributed by atoms with E-state index in [1.165, 1.54) is 0 Å². The van der Waals surface area contributed by atoms with Crippen LogP contribution >= 0.6 is 12.6 Å². The van der Waals surface area contributed by atoms with Gasteiger partial charge in [0.2, 0.25) is 0 Å². The maximum atomic E-state index is 11.0. The standard InChI is InChI=1S/C10H12N2O2S/c1-12(2)9(15)6-3-4-7-8(5-6)14-10(13)11-7/h3-5,9,15H,1-2H3,(H,11,13). The number of aromatic amines is 1. The molecule has 1 atom stereocenters. The molecule has 1 aromatic heterocycles. The number of aromatic nitrogens is 1. The second-order valence-electron chi connectivity index (χ2n) is 3.61. The van der Waals surface area contributed by atoms with Crippen molar-refractivity contribution in [3.63, 3.8) is 0 Å². The molecular formula is C10H12N2O2S. The molecule has 2 rings (SSSR count). The highest BCUT2D eigenvalue weighted by atomic mass is 32.1. The van der Waals surface area contributed by atoms with E-state index in [0.29, 0.717) is 11.1 Å². The van der Waals surface area contributed by atoms with E-state index in [9.17, 15) is 4.79 Å². The van der Waals surface area contributed by atoms with Gasteiger partial charge in [-0.15, -0.1) is 0 Å². The highest BCUT2D eigenvalue weighted by molar-refractivity contribution is 7.80. The molecule has 0 amide bonds. The highest BCUT2D eigenvalue weighted by Gasteiger charge is 2.10. The summed E-state index contributed by atoms with van der Waals surface area (Å²) >= 11 is 4.44. The lowest BCUT2D eigenvalue weighted by atomic mass is 10.2. The number of fused-ring (bicyclic) bond motifs is 1. The number of benzene rings is 1. The molecule has 80 valence electrons. The normalized spacial score (nSPS) is 13.6. The van der Waals surface area contributed by atoms with Crippen LogP contribution in [0.5, 0.6) is 0 Å². The average Bonchev–Trinajstić information content (AvgIpc) is 2.55. The molecule has 4 nitrogen and oxygen atoms in total. The number of nitrogens with one attached hydrogen (secondary N) is 1. The number of oxazole rings is 1. The molecule has 0 aliphatic carbocycles. The van der Waals surface area contributed by atoms with E-state index in [0.717, 1.165) is 5.56 Å². The van der Waals surface area contributed by atoms with Gasteiger partial charge in [0.15, 0.2) is 5.58 Å². The van der Waals surface area contributed by atoms with Gasteiger partial charge in [0.25, 0.3) is 0 Å². The molecule has 0 saturated heterocycles.